The first-order valence-electron chi connectivity index (χ1n) is 23.3. The van der Waals surface area contributed by atoms with Gasteiger partial charge < -0.3 is 4.57 Å². The molecule has 13 rings (SSSR count). The summed E-state index contributed by atoms with van der Waals surface area (Å²) in [7, 11) is 0. The van der Waals surface area contributed by atoms with Gasteiger partial charge in [0.1, 0.15) is 0 Å². The molecule has 0 unspecified atom stereocenters. The number of hydrogen-bond acceptors (Lipinski definition) is 3. The monoisotopic (exact) mass is 869 g/mol. The summed E-state index contributed by atoms with van der Waals surface area (Å²) >= 11 is 0. The van der Waals surface area contributed by atoms with Crippen LogP contribution in [-0.2, 0) is 6.42 Å². The van der Waals surface area contributed by atoms with Crippen molar-refractivity contribution in [1.29, 1.82) is 0 Å². The Balaban J connectivity index is 0.942. The molecule has 0 saturated carbocycles. The highest BCUT2D eigenvalue weighted by Gasteiger charge is 2.25. The smallest absolute Gasteiger partial charge is 0.238 e. The molecular weight excluding hydrogens is 827 g/mol. The molecule has 9 aromatic carbocycles. The molecule has 0 aliphatic heterocycles. The van der Waals surface area contributed by atoms with Crippen LogP contribution < -0.4 is 0 Å². The van der Waals surface area contributed by atoms with Gasteiger partial charge in [0.25, 0.3) is 0 Å². The van der Waals surface area contributed by atoms with Gasteiger partial charge in [-0.25, -0.2) is 4.98 Å². The molecule has 1 aliphatic rings. The number of aromatic nitrogens is 5. The normalized spacial score (nSPS) is 12.2. The average Bonchev–Trinajstić information content (AvgIpc) is 3.92. The van der Waals surface area contributed by atoms with Crippen LogP contribution in [-0.4, -0.2) is 24.1 Å². The molecule has 0 radical (unpaired) electrons. The van der Waals surface area contributed by atoms with Crippen molar-refractivity contribution in [2.45, 2.75) is 12.8 Å². The van der Waals surface area contributed by atoms with Crippen LogP contribution in [0.3, 0.4) is 0 Å². The van der Waals surface area contributed by atoms with Crippen molar-refractivity contribution >= 4 is 38.8 Å². The number of allylic oxidation sites excluding steroid dienone is 1. The Kier molecular flexibility index (Phi) is 9.57. The predicted octanol–water partition coefficient (Wildman–Crippen LogP) is 15.9. The SMILES string of the molecule is C1=Cc2c(c3cc4c5ccccc5n(-c5ccccc5-c5ccccc5)c4cc3n2-c2nc(-c3ccccc3)nc(-c3ccc(-c4ccc(-c5cccc(-c6ccccc6)c5)cc4)cc3)n2)CC1. The van der Waals surface area contributed by atoms with Crippen LogP contribution in [0.2, 0.25) is 0 Å². The topological polar surface area (TPSA) is 48.5 Å². The zero-order valence-electron chi connectivity index (χ0n) is 37.2. The highest BCUT2D eigenvalue weighted by atomic mass is 15.2. The molecule has 5 heteroatoms. The van der Waals surface area contributed by atoms with Gasteiger partial charge >= 0.3 is 0 Å². The van der Waals surface area contributed by atoms with Gasteiger partial charge in [-0.2, -0.15) is 9.97 Å². The third kappa shape index (κ3) is 6.83. The van der Waals surface area contributed by atoms with E-state index in [1.54, 1.807) is 0 Å². The summed E-state index contributed by atoms with van der Waals surface area (Å²) in [5, 5.41) is 3.67. The molecular formula is C63H43N5. The van der Waals surface area contributed by atoms with Crippen molar-refractivity contribution in [2.75, 3.05) is 0 Å². The van der Waals surface area contributed by atoms with Gasteiger partial charge in [-0.1, -0.05) is 200 Å². The summed E-state index contributed by atoms with van der Waals surface area (Å²) in [6, 6.07) is 80.0. The molecule has 0 bridgehead atoms. The maximum Gasteiger partial charge on any atom is 0.238 e. The zero-order chi connectivity index (χ0) is 45.0. The second-order valence-electron chi connectivity index (χ2n) is 17.5. The first-order chi connectivity index (χ1) is 33.7. The quantitative estimate of drug-likeness (QED) is 0.153. The van der Waals surface area contributed by atoms with Gasteiger partial charge in [0, 0.05) is 32.8 Å². The van der Waals surface area contributed by atoms with Gasteiger partial charge in [0.05, 0.1) is 27.9 Å². The maximum atomic E-state index is 5.36. The zero-order valence-corrected chi connectivity index (χ0v) is 37.2. The van der Waals surface area contributed by atoms with Crippen LogP contribution in [0.5, 0.6) is 0 Å². The van der Waals surface area contributed by atoms with E-state index in [2.05, 4.69) is 228 Å². The molecule has 12 aromatic rings. The molecule has 1 aliphatic carbocycles. The van der Waals surface area contributed by atoms with E-state index in [0.29, 0.717) is 17.6 Å². The third-order valence-corrected chi connectivity index (χ3v) is 13.5. The summed E-state index contributed by atoms with van der Waals surface area (Å²) in [6.45, 7) is 0. The Labute approximate surface area is 394 Å². The van der Waals surface area contributed by atoms with Gasteiger partial charge in [-0.15, -0.1) is 0 Å². The summed E-state index contributed by atoms with van der Waals surface area (Å²) in [4.78, 5) is 15.8. The lowest BCUT2D eigenvalue weighted by Crippen LogP contribution is -2.08. The van der Waals surface area contributed by atoms with Gasteiger partial charge in [-0.3, -0.25) is 4.57 Å². The minimum absolute atomic E-state index is 0.592. The van der Waals surface area contributed by atoms with Crippen LogP contribution in [0.4, 0.5) is 0 Å². The Bertz CT molecular complexity index is 3870. The summed E-state index contributed by atoms with van der Waals surface area (Å²) in [5.74, 6) is 1.84. The van der Waals surface area contributed by atoms with Gasteiger partial charge in [0.15, 0.2) is 11.6 Å². The number of fused-ring (bicyclic) bond motifs is 6. The largest absolute Gasteiger partial charge is 0.309 e. The van der Waals surface area contributed by atoms with Crippen LogP contribution in [0.15, 0.2) is 231 Å². The number of hydrogen-bond donors (Lipinski definition) is 0. The fraction of sp³-hybridized carbons (Fsp3) is 0.0317. The molecule has 0 N–H and O–H groups in total. The number of benzene rings is 9. The number of rotatable bonds is 8. The fourth-order valence-electron chi connectivity index (χ4n) is 10.2. The summed E-state index contributed by atoms with van der Waals surface area (Å²) in [6.07, 6.45) is 6.44. The van der Waals surface area contributed by atoms with Crippen molar-refractivity contribution in [3.63, 3.8) is 0 Å². The van der Waals surface area contributed by atoms with E-state index in [1.165, 1.54) is 60.6 Å². The van der Waals surface area contributed by atoms with Gasteiger partial charge in [-0.05, 0) is 93.8 Å². The molecule has 320 valence electrons. The molecule has 3 heterocycles. The molecule has 0 amide bonds. The molecule has 3 aromatic heterocycles. The first-order valence-corrected chi connectivity index (χ1v) is 23.3. The van der Waals surface area contributed by atoms with Crippen molar-refractivity contribution in [2.24, 2.45) is 0 Å². The Morgan fingerprint density at radius 1 is 0.338 bits per heavy atom. The lowest BCUT2D eigenvalue weighted by Gasteiger charge is -2.15. The number of para-hydroxylation sites is 2. The predicted molar refractivity (Wildman–Crippen MR) is 281 cm³/mol. The van der Waals surface area contributed by atoms with Crippen LogP contribution in [0.25, 0.3) is 118 Å². The Morgan fingerprint density at radius 3 is 1.54 bits per heavy atom. The first kappa shape index (κ1) is 39.4. The molecule has 0 saturated heterocycles. The summed E-state index contributed by atoms with van der Waals surface area (Å²) in [5.41, 5.74) is 18.2. The lowest BCUT2D eigenvalue weighted by atomic mass is 9.97. The molecule has 68 heavy (non-hydrogen) atoms. The van der Waals surface area contributed by atoms with Gasteiger partial charge in [0.2, 0.25) is 5.95 Å². The second-order valence-corrected chi connectivity index (χ2v) is 17.5. The van der Waals surface area contributed by atoms with Crippen molar-refractivity contribution in [3.8, 4) is 78.9 Å². The van der Waals surface area contributed by atoms with E-state index >= 15 is 0 Å². The van der Waals surface area contributed by atoms with E-state index in [9.17, 15) is 0 Å². The standard InChI is InChI=1S/C63H43N5/c1-4-17-42(18-5-1)49-23-16-24-50(39-49)45-33-31-43(32-34-45)44-35-37-48(38-36-44)62-64-61(47-21-8-3-9-22-47)65-63(66-62)68-58-30-15-12-27-53(58)55-40-54-52-26-11-14-29-57(52)67(59(54)41-60(55)68)56-28-13-10-25-51(56)46-19-6-2-7-20-46/h1-11,13-26,28-41H,12,27H2. The van der Waals surface area contributed by atoms with E-state index in [1.807, 2.05) is 18.2 Å². The Morgan fingerprint density at radius 2 is 0.853 bits per heavy atom. The van der Waals surface area contributed by atoms with Crippen molar-refractivity contribution in [3.05, 3.63) is 242 Å². The van der Waals surface area contributed by atoms with E-state index in [-0.39, 0.29) is 0 Å². The summed E-state index contributed by atoms with van der Waals surface area (Å²) < 4.78 is 4.71. The number of aryl methyl sites for hydroxylation is 1. The van der Waals surface area contributed by atoms with E-state index < -0.39 is 0 Å². The molecule has 5 nitrogen and oxygen atoms in total. The fourth-order valence-corrected chi connectivity index (χ4v) is 10.2. The minimum atomic E-state index is 0.592. The van der Waals surface area contributed by atoms with Crippen LogP contribution in [0.1, 0.15) is 17.7 Å². The average molecular weight is 870 g/mol. The lowest BCUT2D eigenvalue weighted by molar-refractivity contribution is 0.902. The molecule has 0 fully saturated rings. The minimum Gasteiger partial charge on any atom is -0.309 e. The van der Waals surface area contributed by atoms with Crippen molar-refractivity contribution in [1.82, 2.24) is 24.1 Å². The maximum absolute atomic E-state index is 5.36. The second kappa shape index (κ2) is 16.5. The van der Waals surface area contributed by atoms with E-state index in [0.717, 1.165) is 57.5 Å². The van der Waals surface area contributed by atoms with Crippen LogP contribution >= 0.6 is 0 Å². The number of nitrogens with zero attached hydrogens (tertiary/aromatic N) is 5. The van der Waals surface area contributed by atoms with E-state index in [4.69, 9.17) is 15.0 Å². The van der Waals surface area contributed by atoms with Crippen molar-refractivity contribution < 1.29 is 0 Å². The highest BCUT2D eigenvalue weighted by Crippen LogP contribution is 2.42. The Hall–Kier alpha value is -8.93. The third-order valence-electron chi connectivity index (χ3n) is 13.5. The molecule has 0 spiro atoms. The highest BCUT2D eigenvalue weighted by molar-refractivity contribution is 6.14. The van der Waals surface area contributed by atoms with Crippen LogP contribution in [0, 0.1) is 0 Å². The molecule has 0 atom stereocenters.